The van der Waals surface area contributed by atoms with Crippen molar-refractivity contribution in [2.24, 2.45) is 16.2 Å². The number of carbonyl (C=O) groups excluding carboxylic acids is 4. The molecule has 0 bridgehead atoms. The molecular formula is C55H117B2NO18P2S2. The van der Waals surface area contributed by atoms with E-state index in [1.54, 1.807) is 125 Å². The van der Waals surface area contributed by atoms with Crippen molar-refractivity contribution >= 4 is 72.7 Å². The highest BCUT2D eigenvalue weighted by Gasteiger charge is 2.40. The van der Waals surface area contributed by atoms with Crippen LogP contribution in [0.5, 0.6) is 0 Å². The van der Waals surface area contributed by atoms with Gasteiger partial charge in [-0.3, -0.25) is 37.4 Å². The molecule has 1 heterocycles. The summed E-state index contributed by atoms with van der Waals surface area (Å²) in [6.07, 6.45) is 4.24. The Morgan fingerprint density at radius 3 is 1.01 bits per heavy atom. The minimum atomic E-state index is -3.29. The van der Waals surface area contributed by atoms with E-state index >= 15 is 0 Å². The third-order valence-electron chi connectivity index (χ3n) is 7.86. The second-order valence-electron chi connectivity index (χ2n) is 28.8. The maximum atomic E-state index is 11.6. The van der Waals surface area contributed by atoms with Crippen LogP contribution in [0.25, 0.3) is 0 Å². The molecule has 2 atom stereocenters. The molecule has 25 heteroatoms. The zero-order chi connectivity index (χ0) is 67.6. The Kier molecular flexibility index (Phi) is 43.0. The largest absolute Gasteiger partial charge is 0.521 e. The van der Waals surface area contributed by atoms with Crippen molar-refractivity contribution < 1.29 is 83.0 Å². The zero-order valence-electron chi connectivity index (χ0n) is 56.8. The van der Waals surface area contributed by atoms with Crippen LogP contribution < -0.4 is 0 Å². The van der Waals surface area contributed by atoms with Gasteiger partial charge in [0.1, 0.15) is 0 Å². The molecule has 4 N–H and O–H groups in total. The molecule has 0 radical (unpaired) electrons. The first-order valence-electron chi connectivity index (χ1n) is 26.0. The van der Waals surface area contributed by atoms with Crippen LogP contribution in [0, 0.1) is 16.2 Å². The number of amides is 2. The maximum absolute atomic E-state index is 11.6. The van der Waals surface area contributed by atoms with Crippen molar-refractivity contribution in [2.75, 3.05) is 25.8 Å². The molecule has 19 nitrogen and oxygen atoms in total. The maximum Gasteiger partial charge on any atom is 0.521 e. The standard InChI is InChI=1S/C10H15NO2.C9H14O.C6H13BO3.C5H13BO2.C5H13O3P.C5H12O3S.C5H13O2P.C5H12O2S.C5H12/c1-6-7(2)9(13)11(8(6)12)10(3,4)5;1-5-6-8(10)7-9(2,3)4;1-6(2,3)5(8)10-7(4)9;1-5(2,3)8-6(4)7;2*1-5(2,3)8-9(4,6)7;2*1-5(2,3)8(4,6)7;1-5(2,3)4/h1-5H3;6H,1,7H2,2-4H3;9H,1-4H3;7H,1-4H3;1-4H3,(H,6,7);1-4H3;1-4H3,(H,6,7);1-4H3;1-4H3. The molecule has 1 aliphatic heterocycles. The lowest BCUT2D eigenvalue weighted by Gasteiger charge is -2.30. The SMILES string of the molecule is C=C=CC(=O)CC(C)(C)C.CB(O)OC(=O)C(C)(C)C.CB(O)OC(C)(C)C.CC(C)(C)C.CC(C)(C)OP(C)(=O)O.CC(C)(C)OS(C)(=O)=O.CC(C)(C)P(C)(=O)O.CC(C)(C)S(C)(=O)=O.CC1=C(C)C(=O)N(C(C)(C)C)C1=O. The summed E-state index contributed by atoms with van der Waals surface area (Å²) in [4.78, 5) is 63.9. The second-order valence-corrected chi connectivity index (χ2v) is 38.1. The molecule has 478 valence electrons. The monoisotopic (exact) mass is 1230 g/mol. The predicted octanol–water partition coefficient (Wildman–Crippen LogP) is 12.4. The minimum absolute atomic E-state index is 0.0738. The van der Waals surface area contributed by atoms with E-state index in [0.717, 1.165) is 6.26 Å². The van der Waals surface area contributed by atoms with E-state index < -0.39 is 81.2 Å². The summed E-state index contributed by atoms with van der Waals surface area (Å²) in [6, 6.07) is 0. The summed E-state index contributed by atoms with van der Waals surface area (Å²) in [5.41, 5.74) is 1.86. The molecule has 0 fully saturated rings. The van der Waals surface area contributed by atoms with Gasteiger partial charge in [-0.25, -0.2) is 8.42 Å². The molecule has 1 aliphatic rings. The van der Waals surface area contributed by atoms with Crippen molar-refractivity contribution in [2.45, 2.75) is 260 Å². The summed E-state index contributed by atoms with van der Waals surface area (Å²) in [7, 11) is -13.9. The number of imide groups is 1. The van der Waals surface area contributed by atoms with Crippen LogP contribution in [0.3, 0.4) is 0 Å². The van der Waals surface area contributed by atoms with E-state index in [2.05, 4.69) is 48.8 Å². The molecule has 80 heavy (non-hydrogen) atoms. The minimum Gasteiger partial charge on any atom is -0.509 e. The van der Waals surface area contributed by atoms with Crippen LogP contribution in [0.4, 0.5) is 0 Å². The highest BCUT2D eigenvalue weighted by Crippen LogP contribution is 2.49. The molecular weight excluding hydrogens is 1110 g/mol. The van der Waals surface area contributed by atoms with Gasteiger partial charge in [-0.1, -0.05) is 75.8 Å². The third-order valence-corrected chi connectivity index (χ3v) is 14.3. The van der Waals surface area contributed by atoms with Crippen molar-refractivity contribution in [3.8, 4) is 0 Å². The van der Waals surface area contributed by atoms with Gasteiger partial charge in [-0.15, -0.1) is 5.73 Å². The number of hydrogen-bond acceptors (Lipinski definition) is 16. The molecule has 2 unspecified atom stereocenters. The van der Waals surface area contributed by atoms with Crippen LogP contribution in [0.1, 0.15) is 214 Å². The van der Waals surface area contributed by atoms with E-state index in [9.17, 15) is 45.1 Å². The normalized spacial score (nSPS) is 14.8. The van der Waals surface area contributed by atoms with Gasteiger partial charge >= 0.3 is 21.8 Å². The summed E-state index contributed by atoms with van der Waals surface area (Å²) in [5, 5.41) is 16.9. The Morgan fingerprint density at radius 1 is 0.637 bits per heavy atom. The first kappa shape index (κ1) is 94.1. The Morgan fingerprint density at radius 2 is 0.938 bits per heavy atom. The van der Waals surface area contributed by atoms with Gasteiger partial charge in [-0.05, 0) is 163 Å². The van der Waals surface area contributed by atoms with Gasteiger partial charge in [0.15, 0.2) is 15.6 Å². The van der Waals surface area contributed by atoms with Crippen LogP contribution in [-0.4, -0.2) is 137 Å². The van der Waals surface area contributed by atoms with E-state index in [-0.39, 0.29) is 34.6 Å². The first-order chi connectivity index (χ1) is 33.9. The molecule has 0 spiro atoms. The van der Waals surface area contributed by atoms with E-state index in [1.807, 2.05) is 62.3 Å². The number of ketones is 1. The number of nitrogens with zero attached hydrogens (tertiary/aromatic N) is 1. The van der Waals surface area contributed by atoms with Crippen LogP contribution in [0.2, 0.25) is 13.6 Å². The molecule has 0 saturated carbocycles. The smallest absolute Gasteiger partial charge is 0.509 e. The van der Waals surface area contributed by atoms with Crippen molar-refractivity contribution in [1.82, 2.24) is 4.90 Å². The number of allylic oxidation sites excluding steroid dienone is 1. The van der Waals surface area contributed by atoms with Crippen molar-refractivity contribution in [3.05, 3.63) is 29.5 Å². The van der Waals surface area contributed by atoms with Gasteiger partial charge in [-0.2, -0.15) is 8.42 Å². The quantitative estimate of drug-likeness (QED) is 0.0480. The lowest BCUT2D eigenvalue weighted by Crippen LogP contribution is -2.46. The summed E-state index contributed by atoms with van der Waals surface area (Å²) < 4.78 is 81.8. The summed E-state index contributed by atoms with van der Waals surface area (Å²) in [5.74, 6) is -0.602. The second kappa shape index (κ2) is 36.6. The average molecular weight is 1230 g/mol. The Bertz CT molecular complexity index is 2240. The van der Waals surface area contributed by atoms with Gasteiger partial charge in [0, 0.05) is 59.5 Å². The van der Waals surface area contributed by atoms with Crippen molar-refractivity contribution in [1.29, 1.82) is 0 Å². The van der Waals surface area contributed by atoms with Gasteiger partial charge < -0.3 is 33.7 Å². The molecule has 0 aromatic carbocycles. The Hall–Kier alpha value is -2.25. The Labute approximate surface area is 490 Å². The van der Waals surface area contributed by atoms with E-state index in [0.29, 0.717) is 23.0 Å². The number of rotatable bonds is 6. The van der Waals surface area contributed by atoms with Crippen LogP contribution >= 0.6 is 15.0 Å². The zero-order valence-corrected chi connectivity index (χ0v) is 60.2. The van der Waals surface area contributed by atoms with Crippen LogP contribution in [0.15, 0.2) is 29.5 Å². The fourth-order valence-corrected chi connectivity index (χ4v) is 5.78. The average Bonchev–Trinajstić information content (AvgIpc) is 3.24. The van der Waals surface area contributed by atoms with Gasteiger partial charge in [0.05, 0.1) is 27.6 Å². The molecule has 0 saturated heterocycles. The topological polar surface area (TPSA) is 292 Å². The number of sulfone groups is 1. The molecule has 0 aromatic heterocycles. The van der Waals surface area contributed by atoms with Gasteiger partial charge in [0.2, 0.25) is 7.37 Å². The summed E-state index contributed by atoms with van der Waals surface area (Å²) in [6.45, 7) is 64.2. The van der Waals surface area contributed by atoms with E-state index in [4.69, 9.17) is 29.0 Å². The number of carbonyl (C=O) groups is 4. The van der Waals surface area contributed by atoms with Crippen molar-refractivity contribution in [3.63, 3.8) is 0 Å². The molecule has 1 rings (SSSR count). The van der Waals surface area contributed by atoms with Gasteiger partial charge in [0.25, 0.3) is 27.9 Å². The highest BCUT2D eigenvalue weighted by molar-refractivity contribution is 7.92. The van der Waals surface area contributed by atoms with Crippen LogP contribution in [-0.2, 0) is 66.3 Å². The lowest BCUT2D eigenvalue weighted by atomic mass is 9.90. The van der Waals surface area contributed by atoms with E-state index in [1.165, 1.54) is 37.4 Å². The lowest BCUT2D eigenvalue weighted by molar-refractivity contribution is -0.145. The predicted molar refractivity (Wildman–Crippen MR) is 334 cm³/mol. The third kappa shape index (κ3) is 71.9. The fourth-order valence-electron chi connectivity index (χ4n) is 3.85. The molecule has 2 amide bonds. The highest BCUT2D eigenvalue weighted by atomic mass is 32.2. The molecule has 0 aliphatic carbocycles. The first-order valence-corrected chi connectivity index (χ1v) is 33.8. The molecule has 0 aromatic rings. The fraction of sp³-hybridized carbons (Fsp3) is 0.836. The summed E-state index contributed by atoms with van der Waals surface area (Å²) >= 11 is 0. The Balaban J connectivity index is -0.000000123. The number of hydrogen-bond donors (Lipinski definition) is 4.